The minimum absolute atomic E-state index is 0.0348. The van der Waals surface area contributed by atoms with Gasteiger partial charge < -0.3 is 14.4 Å². The summed E-state index contributed by atoms with van der Waals surface area (Å²) in [6.07, 6.45) is 0. The molecule has 2 aromatic rings. The second-order valence-electron chi connectivity index (χ2n) is 5.99. The molecule has 0 spiro atoms. The average molecular weight is 413 g/mol. The molecule has 0 atom stereocenters. The van der Waals surface area contributed by atoms with Gasteiger partial charge in [0.2, 0.25) is 10.0 Å². The third kappa shape index (κ3) is 4.71. The van der Waals surface area contributed by atoms with Gasteiger partial charge in [-0.25, -0.2) is 13.6 Å². The maximum Gasteiger partial charge on any atom is 0.253 e. The number of nitrogens with zero attached hydrogens (tertiary/aromatic N) is 1. The number of hydrogen-bond donors (Lipinski definition) is 1. The van der Waals surface area contributed by atoms with Crippen LogP contribution in [0.3, 0.4) is 0 Å². The molecular formula is C18H21ClN2O5S. The topological polar surface area (TPSA) is 98.9 Å². The highest BCUT2D eigenvalue weighted by molar-refractivity contribution is 7.89. The van der Waals surface area contributed by atoms with E-state index in [1.807, 2.05) is 13.0 Å². The fraction of sp³-hybridized carbons (Fsp3) is 0.278. The number of carbonyl (C=O) groups excluding carboxylic acids is 1. The number of methoxy groups -OCH3 is 2. The third-order valence-corrected chi connectivity index (χ3v) is 5.47. The largest absolute Gasteiger partial charge is 0.493 e. The van der Waals surface area contributed by atoms with E-state index in [-0.39, 0.29) is 21.4 Å². The Bertz CT molecular complexity index is 976. The summed E-state index contributed by atoms with van der Waals surface area (Å²) in [7, 11) is 0.672. The van der Waals surface area contributed by atoms with E-state index in [0.29, 0.717) is 18.0 Å². The molecule has 27 heavy (non-hydrogen) atoms. The van der Waals surface area contributed by atoms with E-state index in [9.17, 15) is 13.2 Å². The fourth-order valence-corrected chi connectivity index (χ4v) is 3.67. The van der Waals surface area contributed by atoms with Crippen LogP contribution in [0.5, 0.6) is 11.5 Å². The first-order chi connectivity index (χ1) is 12.6. The van der Waals surface area contributed by atoms with Gasteiger partial charge in [-0.3, -0.25) is 4.79 Å². The highest BCUT2D eigenvalue weighted by atomic mass is 35.5. The molecule has 0 radical (unpaired) electrons. The molecule has 0 aliphatic heterocycles. The molecule has 7 nitrogen and oxygen atoms in total. The van der Waals surface area contributed by atoms with Gasteiger partial charge in [-0.15, -0.1) is 0 Å². The number of aryl methyl sites for hydroxylation is 1. The van der Waals surface area contributed by atoms with Crippen LogP contribution < -0.4 is 14.6 Å². The molecule has 0 aliphatic carbocycles. The Kier molecular flexibility index (Phi) is 6.35. The summed E-state index contributed by atoms with van der Waals surface area (Å²) in [6.45, 7) is 2.19. The van der Waals surface area contributed by atoms with E-state index in [2.05, 4.69) is 0 Å². The molecule has 0 fully saturated rings. The summed E-state index contributed by atoms with van der Waals surface area (Å²) < 4.78 is 33.8. The smallest absolute Gasteiger partial charge is 0.253 e. The van der Waals surface area contributed by atoms with Crippen LogP contribution in [0.25, 0.3) is 0 Å². The van der Waals surface area contributed by atoms with Gasteiger partial charge in [-0.05, 0) is 48.4 Å². The van der Waals surface area contributed by atoms with Crippen LogP contribution in [0.4, 0.5) is 0 Å². The Morgan fingerprint density at radius 2 is 1.74 bits per heavy atom. The Morgan fingerprint density at radius 1 is 1.15 bits per heavy atom. The van der Waals surface area contributed by atoms with Crippen molar-refractivity contribution >= 4 is 27.5 Å². The zero-order chi connectivity index (χ0) is 20.4. The third-order valence-electron chi connectivity index (χ3n) is 4.08. The number of carbonyl (C=O) groups is 1. The van der Waals surface area contributed by atoms with E-state index >= 15 is 0 Å². The molecule has 1 amide bonds. The number of nitrogens with two attached hydrogens (primary N) is 1. The lowest BCUT2D eigenvalue weighted by molar-refractivity contribution is 0.0784. The van der Waals surface area contributed by atoms with E-state index < -0.39 is 10.0 Å². The van der Waals surface area contributed by atoms with Crippen LogP contribution in [0, 0.1) is 6.92 Å². The molecule has 2 aromatic carbocycles. The maximum atomic E-state index is 12.7. The lowest BCUT2D eigenvalue weighted by Gasteiger charge is -2.20. The number of rotatable bonds is 6. The molecule has 2 rings (SSSR count). The van der Waals surface area contributed by atoms with Crippen LogP contribution in [0.2, 0.25) is 5.02 Å². The second-order valence-corrected chi connectivity index (χ2v) is 7.92. The molecular weight excluding hydrogens is 392 g/mol. The van der Waals surface area contributed by atoms with E-state index in [4.69, 9.17) is 26.2 Å². The van der Waals surface area contributed by atoms with E-state index in [0.717, 1.165) is 11.1 Å². The summed E-state index contributed by atoms with van der Waals surface area (Å²) in [4.78, 5) is 13.9. The number of ether oxygens (including phenoxy) is 2. The minimum atomic E-state index is -4.03. The summed E-state index contributed by atoms with van der Waals surface area (Å²) in [5.41, 5.74) is 1.96. The van der Waals surface area contributed by atoms with Gasteiger partial charge in [0.1, 0.15) is 4.90 Å². The lowest BCUT2D eigenvalue weighted by atomic mass is 10.1. The van der Waals surface area contributed by atoms with Crippen LogP contribution in [-0.4, -0.2) is 40.5 Å². The number of halogens is 1. The van der Waals surface area contributed by atoms with Gasteiger partial charge in [-0.2, -0.15) is 0 Å². The summed E-state index contributed by atoms with van der Waals surface area (Å²) >= 11 is 5.87. The molecule has 0 unspecified atom stereocenters. The zero-order valence-corrected chi connectivity index (χ0v) is 17.0. The first-order valence-corrected chi connectivity index (χ1v) is 9.80. The van der Waals surface area contributed by atoms with E-state index in [1.54, 1.807) is 20.2 Å². The van der Waals surface area contributed by atoms with Crippen LogP contribution in [-0.2, 0) is 16.6 Å². The SMILES string of the molecule is COc1cc(C)c(CN(C)C(=O)c2ccc(Cl)c(S(N)(=O)=O)c2)cc1OC. The standard InChI is InChI=1S/C18H21ClN2O5S/c1-11-7-15(25-3)16(26-4)8-13(11)10-21(2)18(22)12-5-6-14(19)17(9-12)27(20,23)24/h5-9H,10H2,1-4H3,(H2,20,23,24). The van der Waals surface area contributed by atoms with Crippen molar-refractivity contribution in [2.45, 2.75) is 18.4 Å². The molecule has 146 valence electrons. The highest BCUT2D eigenvalue weighted by Gasteiger charge is 2.19. The summed E-state index contributed by atoms with van der Waals surface area (Å²) in [5, 5.41) is 5.11. The number of benzene rings is 2. The Balaban J connectivity index is 2.32. The van der Waals surface area contributed by atoms with Crippen molar-refractivity contribution in [3.8, 4) is 11.5 Å². The van der Waals surface area contributed by atoms with Crippen molar-refractivity contribution in [1.29, 1.82) is 0 Å². The van der Waals surface area contributed by atoms with Crippen LogP contribution in [0.15, 0.2) is 35.2 Å². The van der Waals surface area contributed by atoms with Gasteiger partial charge in [0, 0.05) is 19.2 Å². The molecule has 0 saturated carbocycles. The number of sulfonamides is 1. The highest BCUT2D eigenvalue weighted by Crippen LogP contribution is 2.31. The zero-order valence-electron chi connectivity index (χ0n) is 15.4. The number of hydrogen-bond acceptors (Lipinski definition) is 5. The molecule has 2 N–H and O–H groups in total. The molecule has 0 aromatic heterocycles. The summed E-state index contributed by atoms with van der Waals surface area (Å²) in [6, 6.07) is 7.60. The quantitative estimate of drug-likeness (QED) is 0.786. The van der Waals surface area contributed by atoms with E-state index in [1.165, 1.54) is 30.2 Å². The fourth-order valence-electron chi connectivity index (χ4n) is 2.60. The van der Waals surface area contributed by atoms with Crippen molar-refractivity contribution in [2.24, 2.45) is 5.14 Å². The van der Waals surface area contributed by atoms with Crippen molar-refractivity contribution in [2.75, 3.05) is 21.3 Å². The van der Waals surface area contributed by atoms with Gasteiger partial charge in [0.25, 0.3) is 5.91 Å². The molecule has 0 heterocycles. The lowest BCUT2D eigenvalue weighted by Crippen LogP contribution is -2.27. The maximum absolute atomic E-state index is 12.7. The molecule has 0 saturated heterocycles. The Morgan fingerprint density at radius 3 is 2.30 bits per heavy atom. The van der Waals surface area contributed by atoms with Crippen molar-refractivity contribution < 1.29 is 22.7 Å². The van der Waals surface area contributed by atoms with Crippen LogP contribution in [0.1, 0.15) is 21.5 Å². The van der Waals surface area contributed by atoms with Gasteiger partial charge in [-0.1, -0.05) is 11.6 Å². The van der Waals surface area contributed by atoms with Crippen molar-refractivity contribution in [3.63, 3.8) is 0 Å². The second kappa shape index (κ2) is 8.16. The normalized spacial score (nSPS) is 11.2. The first kappa shape index (κ1) is 21.0. The van der Waals surface area contributed by atoms with Crippen LogP contribution >= 0.6 is 11.6 Å². The average Bonchev–Trinajstić information content (AvgIpc) is 2.61. The number of amides is 1. The predicted octanol–water partition coefficient (Wildman–Crippen LogP) is 2.59. The Labute approximate surface area is 163 Å². The first-order valence-electron chi connectivity index (χ1n) is 7.87. The minimum Gasteiger partial charge on any atom is -0.493 e. The van der Waals surface area contributed by atoms with Crippen molar-refractivity contribution in [1.82, 2.24) is 4.90 Å². The molecule has 0 aliphatic rings. The number of primary sulfonamides is 1. The predicted molar refractivity (Wildman–Crippen MR) is 103 cm³/mol. The molecule has 9 heteroatoms. The monoisotopic (exact) mass is 412 g/mol. The van der Waals surface area contributed by atoms with Gasteiger partial charge >= 0.3 is 0 Å². The van der Waals surface area contributed by atoms with Crippen molar-refractivity contribution in [3.05, 3.63) is 52.0 Å². The Hall–Kier alpha value is -2.29. The van der Waals surface area contributed by atoms with Gasteiger partial charge in [0.15, 0.2) is 11.5 Å². The summed E-state index contributed by atoms with van der Waals surface area (Å²) in [5.74, 6) is 0.788. The molecule has 0 bridgehead atoms. The van der Waals surface area contributed by atoms with Gasteiger partial charge in [0.05, 0.1) is 19.2 Å².